The summed E-state index contributed by atoms with van der Waals surface area (Å²) in [5, 5.41) is 21.5. The van der Waals surface area contributed by atoms with E-state index in [9.17, 15) is 0 Å². The standard InChI is InChI=1S/C40H72N6O2/c1-47-39-23-11-9-21-37(39)35-45-33-19-31-43-29-17-7-5-15-27-41-25-13-3-4-14-26-42-28-16-6-8-18-30-44-32-20-34-46-36-38-22-10-12-24-40(38)48-2/h9-12,21-24,41-46H,3-8,13-20,25-36H2,1-2H3. The molecule has 0 heterocycles. The summed E-state index contributed by atoms with van der Waals surface area (Å²) in [7, 11) is 3.47. The fourth-order valence-electron chi connectivity index (χ4n) is 5.88. The predicted molar refractivity (Wildman–Crippen MR) is 206 cm³/mol. The minimum absolute atomic E-state index is 0.864. The first-order valence-electron chi connectivity index (χ1n) is 19.3. The second-order valence-corrected chi connectivity index (χ2v) is 12.9. The number of nitrogens with one attached hydrogen (secondary N) is 6. The first-order valence-corrected chi connectivity index (χ1v) is 19.3. The second kappa shape index (κ2) is 32.0. The maximum absolute atomic E-state index is 5.41. The van der Waals surface area contributed by atoms with Crippen molar-refractivity contribution in [2.75, 3.05) is 79.7 Å². The summed E-state index contributed by atoms with van der Waals surface area (Å²) in [6.07, 6.45) is 18.1. The molecule has 2 aromatic carbocycles. The molecule has 0 atom stereocenters. The van der Waals surface area contributed by atoms with E-state index in [2.05, 4.69) is 56.2 Å². The number of rotatable bonds is 35. The number of methoxy groups -OCH3 is 2. The van der Waals surface area contributed by atoms with Crippen molar-refractivity contribution < 1.29 is 9.47 Å². The van der Waals surface area contributed by atoms with Crippen molar-refractivity contribution in [2.45, 2.75) is 103 Å². The molecule has 6 N–H and O–H groups in total. The van der Waals surface area contributed by atoms with Crippen LogP contribution in [0.4, 0.5) is 0 Å². The number of ether oxygens (including phenoxy) is 2. The van der Waals surface area contributed by atoms with Crippen LogP contribution in [0.15, 0.2) is 48.5 Å². The van der Waals surface area contributed by atoms with E-state index in [1.54, 1.807) is 14.2 Å². The third-order valence-corrected chi connectivity index (χ3v) is 8.80. The van der Waals surface area contributed by atoms with Gasteiger partial charge in [0, 0.05) is 24.2 Å². The molecule has 0 amide bonds. The van der Waals surface area contributed by atoms with Crippen LogP contribution in [-0.4, -0.2) is 79.7 Å². The van der Waals surface area contributed by atoms with Gasteiger partial charge < -0.3 is 41.4 Å². The SMILES string of the molecule is COc1ccccc1CNCCCNCCCCCCNCCCCCCNCCCCCCNCCCNCc1ccccc1OC. The van der Waals surface area contributed by atoms with Gasteiger partial charge in [-0.25, -0.2) is 0 Å². The van der Waals surface area contributed by atoms with Crippen molar-refractivity contribution in [3.05, 3.63) is 59.7 Å². The summed E-state index contributed by atoms with van der Waals surface area (Å²) in [6, 6.07) is 16.4. The van der Waals surface area contributed by atoms with Crippen molar-refractivity contribution >= 4 is 0 Å². The Morgan fingerprint density at radius 3 is 0.917 bits per heavy atom. The quantitative estimate of drug-likeness (QED) is 0.0471. The Hall–Kier alpha value is -2.20. The smallest absolute Gasteiger partial charge is 0.123 e. The van der Waals surface area contributed by atoms with Crippen LogP contribution in [0.25, 0.3) is 0 Å². The Kier molecular flexibility index (Phi) is 28.0. The second-order valence-electron chi connectivity index (χ2n) is 12.9. The van der Waals surface area contributed by atoms with Gasteiger partial charge in [-0.3, -0.25) is 0 Å². The summed E-state index contributed by atoms with van der Waals surface area (Å²) in [4.78, 5) is 0. The third kappa shape index (κ3) is 23.2. The van der Waals surface area contributed by atoms with Crippen LogP contribution < -0.4 is 41.4 Å². The molecule has 8 nitrogen and oxygen atoms in total. The van der Waals surface area contributed by atoms with Crippen molar-refractivity contribution in [1.29, 1.82) is 0 Å². The van der Waals surface area contributed by atoms with E-state index in [4.69, 9.17) is 9.47 Å². The van der Waals surface area contributed by atoms with Gasteiger partial charge in [-0.1, -0.05) is 74.9 Å². The molecule has 0 saturated carbocycles. The normalized spacial score (nSPS) is 11.3. The number of unbranched alkanes of at least 4 members (excludes halogenated alkanes) is 9. The third-order valence-electron chi connectivity index (χ3n) is 8.80. The molecule has 0 radical (unpaired) electrons. The van der Waals surface area contributed by atoms with Gasteiger partial charge in [-0.05, 0) is 129 Å². The number of benzene rings is 2. The van der Waals surface area contributed by atoms with Gasteiger partial charge in [0.1, 0.15) is 11.5 Å². The Bertz CT molecular complexity index is 901. The molecular formula is C40H72N6O2. The topological polar surface area (TPSA) is 90.6 Å². The summed E-state index contributed by atoms with van der Waals surface area (Å²) in [6.45, 7) is 12.9. The lowest BCUT2D eigenvalue weighted by Crippen LogP contribution is -2.22. The molecule has 0 spiro atoms. The minimum atomic E-state index is 0.864. The first kappa shape index (κ1) is 42.0. The molecular weight excluding hydrogens is 596 g/mol. The van der Waals surface area contributed by atoms with E-state index in [1.807, 2.05) is 24.3 Å². The zero-order chi connectivity index (χ0) is 34.0. The van der Waals surface area contributed by atoms with Crippen LogP contribution in [0.2, 0.25) is 0 Å². The van der Waals surface area contributed by atoms with Crippen LogP contribution in [-0.2, 0) is 13.1 Å². The van der Waals surface area contributed by atoms with Gasteiger partial charge in [0.2, 0.25) is 0 Å². The molecule has 0 bridgehead atoms. The zero-order valence-electron chi connectivity index (χ0n) is 30.8. The highest BCUT2D eigenvalue weighted by molar-refractivity contribution is 5.33. The Balaban J connectivity index is 1.17. The van der Waals surface area contributed by atoms with E-state index < -0.39 is 0 Å². The maximum Gasteiger partial charge on any atom is 0.123 e. The van der Waals surface area contributed by atoms with E-state index in [0.717, 1.165) is 76.7 Å². The van der Waals surface area contributed by atoms with E-state index in [0.29, 0.717) is 0 Å². The van der Waals surface area contributed by atoms with Crippen LogP contribution in [0, 0.1) is 0 Å². The molecule has 0 fully saturated rings. The Labute approximate surface area is 294 Å². The van der Waals surface area contributed by atoms with Gasteiger partial charge in [0.15, 0.2) is 0 Å². The lowest BCUT2D eigenvalue weighted by molar-refractivity contribution is 0.407. The van der Waals surface area contributed by atoms with E-state index >= 15 is 0 Å². The highest BCUT2D eigenvalue weighted by Crippen LogP contribution is 2.17. The molecule has 2 rings (SSSR count). The first-order chi connectivity index (χ1) is 23.8. The maximum atomic E-state index is 5.41. The highest BCUT2D eigenvalue weighted by Gasteiger charge is 2.02. The van der Waals surface area contributed by atoms with Crippen molar-refractivity contribution in [3.63, 3.8) is 0 Å². The minimum Gasteiger partial charge on any atom is -0.496 e. The largest absolute Gasteiger partial charge is 0.496 e. The average molecular weight is 669 g/mol. The van der Waals surface area contributed by atoms with Gasteiger partial charge in [0.05, 0.1) is 14.2 Å². The van der Waals surface area contributed by atoms with Crippen LogP contribution in [0.1, 0.15) is 101 Å². The Morgan fingerprint density at radius 2 is 0.604 bits per heavy atom. The molecule has 0 unspecified atom stereocenters. The summed E-state index contributed by atoms with van der Waals surface area (Å²) < 4.78 is 10.8. The van der Waals surface area contributed by atoms with Crippen molar-refractivity contribution in [1.82, 2.24) is 31.9 Å². The van der Waals surface area contributed by atoms with Gasteiger partial charge in [-0.2, -0.15) is 0 Å². The summed E-state index contributed by atoms with van der Waals surface area (Å²) in [5.74, 6) is 1.93. The average Bonchev–Trinajstić information content (AvgIpc) is 3.12. The van der Waals surface area contributed by atoms with Crippen LogP contribution in [0.3, 0.4) is 0 Å². The molecule has 8 heteroatoms. The molecule has 2 aromatic rings. The predicted octanol–water partition coefficient (Wildman–Crippen LogP) is 6.40. The molecule has 0 aliphatic carbocycles. The lowest BCUT2D eigenvalue weighted by atomic mass is 10.1. The number of hydrogen-bond donors (Lipinski definition) is 6. The molecule has 0 aromatic heterocycles. The lowest BCUT2D eigenvalue weighted by Gasteiger charge is -2.10. The van der Waals surface area contributed by atoms with E-state index in [-0.39, 0.29) is 0 Å². The Morgan fingerprint density at radius 1 is 0.333 bits per heavy atom. The van der Waals surface area contributed by atoms with Crippen LogP contribution >= 0.6 is 0 Å². The molecule has 274 valence electrons. The highest BCUT2D eigenvalue weighted by atomic mass is 16.5. The van der Waals surface area contributed by atoms with Crippen LogP contribution in [0.5, 0.6) is 11.5 Å². The zero-order valence-corrected chi connectivity index (χ0v) is 30.8. The molecule has 0 saturated heterocycles. The molecule has 48 heavy (non-hydrogen) atoms. The van der Waals surface area contributed by atoms with Crippen molar-refractivity contribution in [2.24, 2.45) is 0 Å². The van der Waals surface area contributed by atoms with E-state index in [1.165, 1.54) is 114 Å². The fourth-order valence-corrected chi connectivity index (χ4v) is 5.88. The van der Waals surface area contributed by atoms with Gasteiger partial charge in [-0.15, -0.1) is 0 Å². The monoisotopic (exact) mass is 669 g/mol. The number of hydrogen-bond acceptors (Lipinski definition) is 8. The van der Waals surface area contributed by atoms with Gasteiger partial charge >= 0.3 is 0 Å². The number of para-hydroxylation sites is 2. The molecule has 0 aliphatic rings. The summed E-state index contributed by atoms with van der Waals surface area (Å²) >= 11 is 0. The molecule has 0 aliphatic heterocycles. The fraction of sp³-hybridized carbons (Fsp3) is 0.700. The van der Waals surface area contributed by atoms with Gasteiger partial charge in [0.25, 0.3) is 0 Å². The summed E-state index contributed by atoms with van der Waals surface area (Å²) in [5.41, 5.74) is 2.45. The van der Waals surface area contributed by atoms with Crippen molar-refractivity contribution in [3.8, 4) is 11.5 Å².